The Morgan fingerprint density at radius 2 is 1.74 bits per heavy atom. The molecule has 0 fully saturated rings. The van der Waals surface area contributed by atoms with E-state index >= 15 is 0 Å². The number of nitrogens with zero attached hydrogens (tertiary/aromatic N) is 2. The third kappa shape index (κ3) is 3.89. The van der Waals surface area contributed by atoms with Crippen LogP contribution in [-0.4, -0.2) is 23.9 Å². The van der Waals surface area contributed by atoms with Gasteiger partial charge in [-0.1, -0.05) is 35.5 Å². The van der Waals surface area contributed by atoms with E-state index in [0.717, 1.165) is 33.9 Å². The van der Waals surface area contributed by atoms with Crippen LogP contribution < -0.4 is 15.2 Å². The lowest BCUT2D eigenvalue weighted by Gasteiger charge is -2.21. The van der Waals surface area contributed by atoms with Crippen molar-refractivity contribution in [2.24, 2.45) is 0 Å². The van der Waals surface area contributed by atoms with Gasteiger partial charge in [0.25, 0.3) is 5.56 Å². The van der Waals surface area contributed by atoms with Crippen molar-refractivity contribution in [2.75, 3.05) is 19.1 Å². The number of ether oxygens (including phenoxy) is 1. The molecule has 0 radical (unpaired) electrons. The summed E-state index contributed by atoms with van der Waals surface area (Å²) in [5.41, 5.74) is 9.07. The van der Waals surface area contributed by atoms with E-state index < -0.39 is 0 Å². The molecular formula is C29H26ClN3O2. The highest BCUT2D eigenvalue weighted by Crippen LogP contribution is 2.47. The van der Waals surface area contributed by atoms with E-state index in [4.69, 9.17) is 16.3 Å². The smallest absolute Gasteiger partial charge is 0.279 e. The van der Waals surface area contributed by atoms with Gasteiger partial charge in [-0.25, -0.2) is 4.68 Å². The molecule has 0 bridgehead atoms. The number of hydrogen-bond donors (Lipinski definition) is 1. The molecule has 0 unspecified atom stereocenters. The quantitative estimate of drug-likeness (QED) is 0.341. The van der Waals surface area contributed by atoms with Gasteiger partial charge in [-0.05, 0) is 80.1 Å². The van der Waals surface area contributed by atoms with E-state index in [1.165, 1.54) is 0 Å². The highest BCUT2D eigenvalue weighted by atomic mass is 35.5. The van der Waals surface area contributed by atoms with Crippen LogP contribution in [-0.2, 0) is 5.41 Å². The average Bonchev–Trinajstić information content (AvgIpc) is 3.29. The van der Waals surface area contributed by atoms with Crippen molar-refractivity contribution in [3.05, 3.63) is 111 Å². The van der Waals surface area contributed by atoms with Crippen LogP contribution in [0.4, 0.5) is 5.69 Å². The maximum Gasteiger partial charge on any atom is 0.279 e. The van der Waals surface area contributed by atoms with Crippen LogP contribution >= 0.6 is 11.6 Å². The maximum absolute atomic E-state index is 13.6. The molecule has 1 aliphatic heterocycles. The Morgan fingerprint density at radius 1 is 1.03 bits per heavy atom. The van der Waals surface area contributed by atoms with Crippen molar-refractivity contribution < 1.29 is 4.74 Å². The fourth-order valence-electron chi connectivity index (χ4n) is 4.71. The second kappa shape index (κ2) is 8.70. The molecule has 0 atom stereocenters. The lowest BCUT2D eigenvalue weighted by Crippen LogP contribution is -2.22. The number of allylic oxidation sites excluding steroid dienone is 1. The molecule has 1 aromatic heterocycles. The summed E-state index contributed by atoms with van der Waals surface area (Å²) >= 11 is 6.30. The molecule has 0 spiro atoms. The van der Waals surface area contributed by atoms with Crippen LogP contribution in [0.3, 0.4) is 0 Å². The zero-order valence-electron chi connectivity index (χ0n) is 20.1. The number of aromatic nitrogens is 2. The summed E-state index contributed by atoms with van der Waals surface area (Å²) in [4.78, 5) is 15.7. The normalized spacial score (nSPS) is 14.0. The molecule has 5 rings (SSSR count). The van der Waals surface area contributed by atoms with Crippen molar-refractivity contribution in [3.8, 4) is 22.7 Å². The standard InChI is InChI=1S/C29H26ClN3O2/c1-29(2)24-18-20(30)12-16-25(24)32(3)26(29)17-15-23-27(19-10-13-22(35-4)14-11-19)31-33(28(23)34)21-8-6-5-7-9-21/h5-16,18,31H,1-4H3. The number of nitrogens with one attached hydrogen (secondary N) is 1. The average molecular weight is 484 g/mol. The van der Waals surface area contributed by atoms with Gasteiger partial charge in [0, 0.05) is 28.7 Å². The summed E-state index contributed by atoms with van der Waals surface area (Å²) < 4.78 is 6.87. The van der Waals surface area contributed by atoms with Crippen molar-refractivity contribution in [2.45, 2.75) is 19.3 Å². The van der Waals surface area contributed by atoms with Crippen LogP contribution in [0.2, 0.25) is 5.02 Å². The minimum absolute atomic E-state index is 0.144. The molecule has 0 amide bonds. The number of anilines is 1. The molecule has 0 saturated carbocycles. The summed E-state index contributed by atoms with van der Waals surface area (Å²) in [6.45, 7) is 4.29. The molecule has 0 aliphatic carbocycles. The zero-order chi connectivity index (χ0) is 24.7. The van der Waals surface area contributed by atoms with E-state index in [1.54, 1.807) is 17.9 Å². The number of benzene rings is 3. The fourth-order valence-corrected chi connectivity index (χ4v) is 4.88. The number of hydrogen-bond acceptors (Lipinski definition) is 3. The Kier molecular flexibility index (Phi) is 5.68. The molecule has 176 valence electrons. The van der Waals surface area contributed by atoms with Crippen molar-refractivity contribution >= 4 is 23.4 Å². The number of para-hydroxylation sites is 1. The lowest BCUT2D eigenvalue weighted by atomic mass is 9.84. The predicted molar refractivity (Wildman–Crippen MR) is 143 cm³/mol. The molecule has 5 nitrogen and oxygen atoms in total. The summed E-state index contributed by atoms with van der Waals surface area (Å²) in [5, 5.41) is 4.01. The molecule has 3 aromatic carbocycles. The SMILES string of the molecule is COc1ccc(-c2[nH]n(-c3ccccc3)c(=O)c2C=C=C2N(C)c3ccc(Cl)cc3C2(C)C)cc1. The first-order valence-electron chi connectivity index (χ1n) is 11.4. The van der Waals surface area contributed by atoms with Gasteiger partial charge in [0.15, 0.2) is 0 Å². The van der Waals surface area contributed by atoms with Gasteiger partial charge < -0.3 is 9.64 Å². The minimum Gasteiger partial charge on any atom is -0.497 e. The monoisotopic (exact) mass is 483 g/mol. The Bertz CT molecular complexity index is 1520. The van der Waals surface area contributed by atoms with Gasteiger partial charge in [0.05, 0.1) is 29.8 Å². The van der Waals surface area contributed by atoms with Gasteiger partial charge in [0.1, 0.15) is 5.75 Å². The zero-order valence-corrected chi connectivity index (χ0v) is 20.9. The van der Waals surface area contributed by atoms with Gasteiger partial charge >= 0.3 is 0 Å². The first-order valence-corrected chi connectivity index (χ1v) is 11.7. The van der Waals surface area contributed by atoms with Gasteiger partial charge in [0.2, 0.25) is 0 Å². The number of likely N-dealkylation sites (N-methyl/N-ethyl adjacent to an activating group) is 1. The molecule has 4 aromatic rings. The summed E-state index contributed by atoms with van der Waals surface area (Å²) in [6.07, 6.45) is 1.79. The van der Waals surface area contributed by atoms with E-state index in [0.29, 0.717) is 16.3 Å². The maximum atomic E-state index is 13.6. The summed E-state index contributed by atoms with van der Waals surface area (Å²) in [5.74, 6) is 0.753. The first-order chi connectivity index (χ1) is 16.8. The Hall–Kier alpha value is -3.92. The lowest BCUT2D eigenvalue weighted by molar-refractivity contribution is 0.415. The van der Waals surface area contributed by atoms with Gasteiger partial charge in [-0.3, -0.25) is 9.89 Å². The highest BCUT2D eigenvalue weighted by Gasteiger charge is 2.38. The molecule has 2 heterocycles. The number of fused-ring (bicyclic) bond motifs is 1. The molecule has 6 heteroatoms. The van der Waals surface area contributed by atoms with Crippen LogP contribution in [0.25, 0.3) is 23.0 Å². The molecule has 0 saturated heterocycles. The fraction of sp³-hybridized carbons (Fsp3) is 0.172. The molecule has 1 aliphatic rings. The van der Waals surface area contributed by atoms with Crippen LogP contribution in [0.5, 0.6) is 5.75 Å². The summed E-state index contributed by atoms with van der Waals surface area (Å²) in [7, 11) is 3.65. The van der Waals surface area contributed by atoms with Crippen molar-refractivity contribution in [3.63, 3.8) is 0 Å². The number of halogens is 1. The van der Waals surface area contributed by atoms with Crippen LogP contribution in [0.15, 0.2) is 89.0 Å². The molecule has 1 N–H and O–H groups in total. The Labute approximate surface area is 209 Å². The second-order valence-electron chi connectivity index (χ2n) is 9.09. The topological polar surface area (TPSA) is 50.3 Å². The van der Waals surface area contributed by atoms with Gasteiger partial charge in [-0.2, -0.15) is 0 Å². The van der Waals surface area contributed by atoms with Crippen LogP contribution in [0.1, 0.15) is 25.0 Å². The Morgan fingerprint density at radius 3 is 2.43 bits per heavy atom. The van der Waals surface area contributed by atoms with E-state index in [-0.39, 0.29) is 11.0 Å². The molecular weight excluding hydrogens is 458 g/mol. The van der Waals surface area contributed by atoms with E-state index in [1.807, 2.05) is 79.8 Å². The minimum atomic E-state index is -0.319. The van der Waals surface area contributed by atoms with Gasteiger partial charge in [-0.15, -0.1) is 0 Å². The largest absolute Gasteiger partial charge is 0.497 e. The third-order valence-corrected chi connectivity index (χ3v) is 6.83. The van der Waals surface area contributed by atoms with Crippen molar-refractivity contribution in [1.29, 1.82) is 0 Å². The predicted octanol–water partition coefficient (Wildman–Crippen LogP) is 6.42. The molecule has 35 heavy (non-hydrogen) atoms. The second-order valence-corrected chi connectivity index (χ2v) is 9.52. The van der Waals surface area contributed by atoms with E-state index in [2.05, 4.69) is 29.6 Å². The van der Waals surface area contributed by atoms with Crippen molar-refractivity contribution in [1.82, 2.24) is 9.78 Å². The number of aromatic amines is 1. The number of H-pyrrole nitrogens is 1. The first kappa shape index (κ1) is 22.9. The third-order valence-electron chi connectivity index (χ3n) is 6.59. The Balaban J connectivity index is 1.70. The number of methoxy groups -OCH3 is 1. The number of rotatable bonds is 4. The van der Waals surface area contributed by atoms with Crippen LogP contribution in [0, 0.1) is 0 Å². The van der Waals surface area contributed by atoms with E-state index in [9.17, 15) is 4.79 Å². The highest BCUT2D eigenvalue weighted by molar-refractivity contribution is 6.30. The summed E-state index contributed by atoms with van der Waals surface area (Å²) in [6, 6.07) is 23.1.